The summed E-state index contributed by atoms with van der Waals surface area (Å²) in [7, 11) is 0. The third-order valence-corrected chi connectivity index (χ3v) is 5.89. The fraction of sp³-hybridized carbons (Fsp3) is 0.190. The van der Waals surface area contributed by atoms with Crippen molar-refractivity contribution in [2.75, 3.05) is 0 Å². The summed E-state index contributed by atoms with van der Waals surface area (Å²) in [6, 6.07) is 17.6. The van der Waals surface area contributed by atoms with E-state index in [-0.39, 0.29) is 0 Å². The number of aliphatic carboxylic acids is 1. The van der Waals surface area contributed by atoms with Gasteiger partial charge in [-0.15, -0.1) is 11.8 Å². The van der Waals surface area contributed by atoms with Crippen LogP contribution in [0.25, 0.3) is 10.9 Å². The van der Waals surface area contributed by atoms with Crippen LogP contribution < -0.4 is 5.11 Å². The number of benzene rings is 2. The quantitative estimate of drug-likeness (QED) is 0.469. The third-order valence-electron chi connectivity index (χ3n) is 4.56. The topological polar surface area (TPSA) is 65.4 Å². The van der Waals surface area contributed by atoms with Gasteiger partial charge in [-0.05, 0) is 42.7 Å². The first-order valence-electron chi connectivity index (χ1n) is 8.59. The summed E-state index contributed by atoms with van der Waals surface area (Å²) in [6.07, 6.45) is 2.69. The van der Waals surface area contributed by atoms with Crippen LogP contribution in [-0.4, -0.2) is 22.7 Å². The maximum Gasteiger partial charge on any atom is 0.106 e. The van der Waals surface area contributed by atoms with Crippen molar-refractivity contribution in [1.82, 2.24) is 4.98 Å². The van der Waals surface area contributed by atoms with E-state index in [1.54, 1.807) is 18.0 Å². The first-order chi connectivity index (χ1) is 13.1. The Kier molecular flexibility index (Phi) is 4.89. The molecule has 0 bridgehead atoms. The Hall–Kier alpha value is -2.37. The van der Waals surface area contributed by atoms with Gasteiger partial charge < -0.3 is 9.90 Å². The molecule has 27 heavy (non-hydrogen) atoms. The molecule has 0 atom stereocenters. The van der Waals surface area contributed by atoms with Gasteiger partial charge in [0, 0.05) is 27.9 Å². The van der Waals surface area contributed by atoms with Gasteiger partial charge in [0.1, 0.15) is 10.6 Å². The maximum absolute atomic E-state index is 11.3. The van der Waals surface area contributed by atoms with Crippen LogP contribution in [0.1, 0.15) is 24.0 Å². The van der Waals surface area contributed by atoms with Crippen LogP contribution in [0.3, 0.4) is 0 Å². The van der Waals surface area contributed by atoms with E-state index in [4.69, 9.17) is 16.6 Å². The number of thioether (sulfide) groups is 1. The SMILES string of the molecule is O=C([O-])C1(N=Cc2cc3ccccc3nc2SCc2ccc(Cl)cc2)CC1. The summed E-state index contributed by atoms with van der Waals surface area (Å²) in [6.45, 7) is 0. The van der Waals surface area contributed by atoms with Crippen molar-refractivity contribution < 1.29 is 9.90 Å². The molecule has 1 aromatic heterocycles. The zero-order valence-electron chi connectivity index (χ0n) is 14.4. The summed E-state index contributed by atoms with van der Waals surface area (Å²) in [5, 5.41) is 13.8. The molecule has 0 spiro atoms. The van der Waals surface area contributed by atoms with Crippen LogP contribution in [0, 0.1) is 0 Å². The minimum absolute atomic E-state index is 0.528. The van der Waals surface area contributed by atoms with Gasteiger partial charge in [-0.2, -0.15) is 0 Å². The van der Waals surface area contributed by atoms with Crippen molar-refractivity contribution in [3.8, 4) is 0 Å². The number of carbonyl (C=O) groups excluding carboxylic acids is 1. The van der Waals surface area contributed by atoms with Crippen LogP contribution >= 0.6 is 23.4 Å². The van der Waals surface area contributed by atoms with Gasteiger partial charge in [-0.3, -0.25) is 4.99 Å². The van der Waals surface area contributed by atoms with Crippen molar-refractivity contribution in [2.45, 2.75) is 29.2 Å². The van der Waals surface area contributed by atoms with Crippen molar-refractivity contribution in [3.05, 3.63) is 70.7 Å². The molecule has 4 rings (SSSR count). The highest BCUT2D eigenvalue weighted by Gasteiger charge is 2.43. The average Bonchev–Trinajstić information content (AvgIpc) is 3.47. The number of para-hydroxylation sites is 1. The predicted molar refractivity (Wildman–Crippen MR) is 107 cm³/mol. The molecular formula is C21H16ClN2O2S-. The number of hydrogen-bond donors (Lipinski definition) is 0. The Labute approximate surface area is 166 Å². The second-order valence-corrected chi connectivity index (χ2v) is 7.97. The van der Waals surface area contributed by atoms with Gasteiger partial charge >= 0.3 is 0 Å². The fourth-order valence-corrected chi connectivity index (χ4v) is 3.82. The molecule has 3 aromatic rings. The van der Waals surface area contributed by atoms with Crippen LogP contribution in [0.5, 0.6) is 0 Å². The summed E-state index contributed by atoms with van der Waals surface area (Å²) in [5.74, 6) is -0.377. The summed E-state index contributed by atoms with van der Waals surface area (Å²) >= 11 is 7.54. The number of carboxylic acid groups (broad SMARTS) is 1. The van der Waals surface area contributed by atoms with E-state index in [0.29, 0.717) is 17.9 Å². The molecule has 0 amide bonds. The zero-order chi connectivity index (χ0) is 18.9. The molecule has 1 aliphatic rings. The first-order valence-corrected chi connectivity index (χ1v) is 9.96. The normalized spacial score (nSPS) is 15.3. The minimum atomic E-state index is -1.11. The van der Waals surface area contributed by atoms with E-state index in [0.717, 1.165) is 32.8 Å². The number of aliphatic imine (C=N–C) groups is 1. The molecule has 2 aromatic carbocycles. The van der Waals surface area contributed by atoms with Crippen molar-refractivity contribution in [2.24, 2.45) is 4.99 Å². The molecule has 4 nitrogen and oxygen atoms in total. The molecule has 136 valence electrons. The van der Waals surface area contributed by atoms with Crippen molar-refractivity contribution >= 4 is 46.4 Å². The number of carbonyl (C=O) groups is 1. The number of nitrogens with zero attached hydrogens (tertiary/aromatic N) is 2. The van der Waals surface area contributed by atoms with Crippen LogP contribution in [0.4, 0.5) is 0 Å². The van der Waals surface area contributed by atoms with E-state index >= 15 is 0 Å². The summed E-state index contributed by atoms with van der Waals surface area (Å²) < 4.78 is 0. The monoisotopic (exact) mass is 395 g/mol. The Morgan fingerprint density at radius 1 is 1.22 bits per heavy atom. The molecule has 0 radical (unpaired) electrons. The molecular weight excluding hydrogens is 380 g/mol. The fourth-order valence-electron chi connectivity index (χ4n) is 2.75. The number of pyridine rings is 1. The van der Waals surface area contributed by atoms with E-state index in [1.807, 2.05) is 54.6 Å². The van der Waals surface area contributed by atoms with E-state index in [2.05, 4.69) is 4.99 Å². The van der Waals surface area contributed by atoms with Crippen molar-refractivity contribution in [3.63, 3.8) is 0 Å². The highest BCUT2D eigenvalue weighted by atomic mass is 35.5. The van der Waals surface area contributed by atoms with E-state index in [9.17, 15) is 9.90 Å². The Morgan fingerprint density at radius 3 is 2.67 bits per heavy atom. The van der Waals surface area contributed by atoms with Crippen molar-refractivity contribution in [1.29, 1.82) is 0 Å². The number of rotatable bonds is 6. The summed E-state index contributed by atoms with van der Waals surface area (Å²) in [5.41, 5.74) is 1.80. The zero-order valence-corrected chi connectivity index (χ0v) is 16.0. The third kappa shape index (κ3) is 3.99. The largest absolute Gasteiger partial charge is 0.547 e. The molecule has 1 heterocycles. The lowest BCUT2D eigenvalue weighted by Gasteiger charge is -2.11. The number of hydrogen-bond acceptors (Lipinski definition) is 5. The van der Waals surface area contributed by atoms with Gasteiger partial charge in [0.25, 0.3) is 0 Å². The molecule has 1 aliphatic carbocycles. The highest BCUT2D eigenvalue weighted by Crippen LogP contribution is 2.39. The lowest BCUT2D eigenvalue weighted by molar-refractivity contribution is -0.308. The first kappa shape index (κ1) is 18.0. The Balaban J connectivity index is 1.65. The van der Waals surface area contributed by atoms with Gasteiger partial charge in [0.05, 0.1) is 11.5 Å². The Bertz CT molecular complexity index is 1030. The average molecular weight is 396 g/mol. The number of fused-ring (bicyclic) bond motifs is 1. The van der Waals surface area contributed by atoms with Crippen LogP contribution in [0.2, 0.25) is 5.02 Å². The van der Waals surface area contributed by atoms with Gasteiger partial charge in [0.2, 0.25) is 0 Å². The van der Waals surface area contributed by atoms with Gasteiger partial charge in [0.15, 0.2) is 0 Å². The van der Waals surface area contributed by atoms with E-state index < -0.39 is 11.5 Å². The number of halogens is 1. The molecule has 0 N–H and O–H groups in total. The molecule has 1 saturated carbocycles. The lowest BCUT2D eigenvalue weighted by Crippen LogP contribution is -2.36. The number of aromatic nitrogens is 1. The number of carboxylic acids is 1. The molecule has 0 saturated heterocycles. The molecule has 0 unspecified atom stereocenters. The molecule has 1 fully saturated rings. The highest BCUT2D eigenvalue weighted by molar-refractivity contribution is 7.98. The smallest absolute Gasteiger partial charge is 0.106 e. The lowest BCUT2D eigenvalue weighted by atomic mass is 10.1. The molecule has 0 aliphatic heterocycles. The minimum Gasteiger partial charge on any atom is -0.547 e. The van der Waals surface area contributed by atoms with Crippen LogP contribution in [0.15, 0.2) is 64.6 Å². The maximum atomic E-state index is 11.3. The Morgan fingerprint density at radius 2 is 1.96 bits per heavy atom. The van der Waals surface area contributed by atoms with Gasteiger partial charge in [-0.25, -0.2) is 4.98 Å². The molecule has 6 heteroatoms. The van der Waals surface area contributed by atoms with Gasteiger partial charge in [-0.1, -0.05) is 41.9 Å². The standard InChI is InChI=1S/C21H17ClN2O2S/c22-17-7-5-14(6-8-17)13-27-19-16(12-23-21(9-10-21)20(25)26)11-15-3-1-2-4-18(15)24-19/h1-8,11-12H,9-10,13H2,(H,25,26)/p-1. The van der Waals surface area contributed by atoms with Crippen LogP contribution in [-0.2, 0) is 10.5 Å². The predicted octanol–water partition coefficient (Wildman–Crippen LogP) is 3.88. The van der Waals surface area contributed by atoms with E-state index in [1.165, 1.54) is 0 Å². The second-order valence-electron chi connectivity index (χ2n) is 6.57. The summed E-state index contributed by atoms with van der Waals surface area (Å²) in [4.78, 5) is 20.4. The second kappa shape index (κ2) is 7.33.